The summed E-state index contributed by atoms with van der Waals surface area (Å²) in [4.78, 5) is 28.6. The first-order valence-corrected chi connectivity index (χ1v) is 12.3. The molecule has 1 atom stereocenters. The maximum atomic E-state index is 13.7. The van der Waals surface area contributed by atoms with Crippen molar-refractivity contribution in [2.45, 2.75) is 70.8 Å². The maximum absolute atomic E-state index is 13.7. The third-order valence-corrected chi connectivity index (χ3v) is 8.19. The van der Waals surface area contributed by atoms with Crippen LogP contribution in [0.4, 0.5) is 0 Å². The van der Waals surface area contributed by atoms with Crippen LogP contribution in [-0.4, -0.2) is 42.5 Å². The number of nitrogens with one attached hydrogen (secondary N) is 1. The summed E-state index contributed by atoms with van der Waals surface area (Å²) < 4.78 is 5.78. The Kier molecular flexibility index (Phi) is 5.70. The summed E-state index contributed by atoms with van der Waals surface area (Å²) >= 11 is 0. The SMILES string of the molecule is Cc1cccc(OCCCNC(=O)C2CCCN2C(=O)C23CC4CC(CC(C4)C2)C3)c1. The second kappa shape index (κ2) is 8.48. The van der Waals surface area contributed by atoms with E-state index in [-0.39, 0.29) is 17.4 Å². The molecule has 6 rings (SSSR count). The molecule has 0 spiro atoms. The summed E-state index contributed by atoms with van der Waals surface area (Å²) in [5.74, 6) is 3.43. The second-order valence-electron chi connectivity index (χ2n) is 10.7. The van der Waals surface area contributed by atoms with Crippen molar-refractivity contribution in [2.75, 3.05) is 19.7 Å². The van der Waals surface area contributed by atoms with E-state index in [0.717, 1.165) is 68.6 Å². The van der Waals surface area contributed by atoms with E-state index in [0.29, 0.717) is 19.1 Å². The maximum Gasteiger partial charge on any atom is 0.242 e. The van der Waals surface area contributed by atoms with Gasteiger partial charge in [0.25, 0.3) is 0 Å². The highest BCUT2D eigenvalue weighted by atomic mass is 16.5. The quantitative estimate of drug-likeness (QED) is 0.671. The number of carbonyl (C=O) groups is 2. The summed E-state index contributed by atoms with van der Waals surface area (Å²) in [5.41, 5.74) is 1.02. The van der Waals surface area contributed by atoms with Gasteiger partial charge in [-0.25, -0.2) is 0 Å². The van der Waals surface area contributed by atoms with Gasteiger partial charge < -0.3 is 15.0 Å². The molecule has 0 aromatic heterocycles. The van der Waals surface area contributed by atoms with Crippen molar-refractivity contribution in [1.29, 1.82) is 0 Å². The van der Waals surface area contributed by atoms with E-state index in [2.05, 4.69) is 5.32 Å². The first kappa shape index (κ1) is 20.8. The molecule has 2 amide bonds. The average Bonchev–Trinajstić information content (AvgIpc) is 3.22. The van der Waals surface area contributed by atoms with Gasteiger partial charge in [-0.15, -0.1) is 0 Å². The molecule has 0 radical (unpaired) electrons. The highest BCUT2D eigenvalue weighted by molar-refractivity contribution is 5.91. The Labute approximate surface area is 185 Å². The van der Waals surface area contributed by atoms with Crippen molar-refractivity contribution in [3.8, 4) is 5.75 Å². The summed E-state index contributed by atoms with van der Waals surface area (Å²) in [6.45, 7) is 3.95. The largest absolute Gasteiger partial charge is 0.494 e. The Hall–Kier alpha value is -2.04. The number of hydrogen-bond donors (Lipinski definition) is 1. The van der Waals surface area contributed by atoms with Gasteiger partial charge in [-0.2, -0.15) is 0 Å². The Balaban J connectivity index is 1.12. The molecule has 4 saturated carbocycles. The second-order valence-corrected chi connectivity index (χ2v) is 10.7. The standard InChI is InChI=1S/C26H36N2O3/c1-18-5-2-6-22(11-18)31-10-4-8-27-24(29)23-7-3-9-28(23)25(30)26-15-19-12-20(16-26)14-21(13-19)17-26/h2,5-6,11,19-21,23H,3-4,7-10,12-17H2,1H3,(H,27,29). The summed E-state index contributed by atoms with van der Waals surface area (Å²) in [5, 5.41) is 3.07. The summed E-state index contributed by atoms with van der Waals surface area (Å²) in [6.07, 6.45) is 9.70. The molecule has 5 heteroatoms. The fraction of sp³-hybridized carbons (Fsp3) is 0.692. The molecule has 5 fully saturated rings. The topological polar surface area (TPSA) is 58.6 Å². The van der Waals surface area contributed by atoms with Crippen LogP contribution in [0.3, 0.4) is 0 Å². The molecular formula is C26H36N2O3. The van der Waals surface area contributed by atoms with Crippen molar-refractivity contribution in [3.63, 3.8) is 0 Å². The van der Waals surface area contributed by atoms with Crippen LogP contribution in [0.25, 0.3) is 0 Å². The van der Waals surface area contributed by atoms with Gasteiger partial charge in [0.1, 0.15) is 11.8 Å². The van der Waals surface area contributed by atoms with Crippen molar-refractivity contribution in [1.82, 2.24) is 10.2 Å². The third-order valence-electron chi connectivity index (χ3n) is 8.19. The van der Waals surface area contributed by atoms with Crippen molar-refractivity contribution < 1.29 is 14.3 Å². The van der Waals surface area contributed by atoms with Gasteiger partial charge in [-0.3, -0.25) is 9.59 Å². The monoisotopic (exact) mass is 424 g/mol. The van der Waals surface area contributed by atoms with E-state index in [1.807, 2.05) is 36.1 Å². The molecule has 1 unspecified atom stereocenters. The summed E-state index contributed by atoms with van der Waals surface area (Å²) in [7, 11) is 0. The predicted octanol–water partition coefficient (Wildman–Crippen LogP) is 4.09. The molecule has 1 N–H and O–H groups in total. The van der Waals surface area contributed by atoms with Gasteiger partial charge in [0.05, 0.1) is 12.0 Å². The normalized spacial score (nSPS) is 33.5. The molecule has 1 aromatic carbocycles. The highest BCUT2D eigenvalue weighted by Gasteiger charge is 2.56. The van der Waals surface area contributed by atoms with Gasteiger partial charge in [-0.05, 0) is 100 Å². The van der Waals surface area contributed by atoms with Crippen LogP contribution >= 0.6 is 0 Å². The predicted molar refractivity (Wildman–Crippen MR) is 120 cm³/mol. The molecule has 1 heterocycles. The molecule has 4 aliphatic carbocycles. The highest BCUT2D eigenvalue weighted by Crippen LogP contribution is 2.60. The number of likely N-dealkylation sites (tertiary alicyclic amines) is 1. The minimum absolute atomic E-state index is 0.0196. The number of aryl methyl sites for hydroxylation is 1. The fourth-order valence-corrected chi connectivity index (χ4v) is 7.26. The van der Waals surface area contributed by atoms with Crippen LogP contribution in [0.15, 0.2) is 24.3 Å². The minimum atomic E-state index is -0.279. The molecule has 1 saturated heterocycles. The van der Waals surface area contributed by atoms with E-state index >= 15 is 0 Å². The third kappa shape index (κ3) is 4.20. The zero-order valence-corrected chi connectivity index (χ0v) is 18.8. The van der Waals surface area contributed by atoms with Gasteiger partial charge in [0, 0.05) is 13.1 Å². The van der Waals surface area contributed by atoms with Crippen molar-refractivity contribution in [2.24, 2.45) is 23.2 Å². The number of amides is 2. The first-order valence-electron chi connectivity index (χ1n) is 12.3. The lowest BCUT2D eigenvalue weighted by Gasteiger charge is -2.56. The van der Waals surface area contributed by atoms with Gasteiger partial charge in [0.15, 0.2) is 0 Å². The lowest BCUT2D eigenvalue weighted by Crippen LogP contribution is -2.57. The van der Waals surface area contributed by atoms with Crippen LogP contribution in [0.5, 0.6) is 5.75 Å². The molecule has 5 nitrogen and oxygen atoms in total. The zero-order valence-electron chi connectivity index (χ0n) is 18.8. The fourth-order valence-electron chi connectivity index (χ4n) is 7.26. The number of rotatable bonds is 7. The lowest BCUT2D eigenvalue weighted by atomic mass is 9.49. The number of ether oxygens (including phenoxy) is 1. The molecule has 168 valence electrons. The van der Waals surface area contributed by atoms with Gasteiger partial charge >= 0.3 is 0 Å². The van der Waals surface area contributed by atoms with E-state index in [9.17, 15) is 9.59 Å². The van der Waals surface area contributed by atoms with E-state index in [1.54, 1.807) is 0 Å². The number of carbonyl (C=O) groups excluding carboxylic acids is 2. The van der Waals surface area contributed by atoms with E-state index in [4.69, 9.17) is 4.74 Å². The molecule has 5 aliphatic rings. The summed E-state index contributed by atoms with van der Waals surface area (Å²) in [6, 6.07) is 7.73. The Morgan fingerprint density at radius 2 is 1.84 bits per heavy atom. The molecule has 4 bridgehead atoms. The first-order chi connectivity index (χ1) is 15.0. The number of nitrogens with zero attached hydrogens (tertiary/aromatic N) is 1. The molecule has 1 aliphatic heterocycles. The molecule has 1 aromatic rings. The van der Waals surface area contributed by atoms with Gasteiger partial charge in [-0.1, -0.05) is 12.1 Å². The van der Waals surface area contributed by atoms with Gasteiger partial charge in [0.2, 0.25) is 11.8 Å². The van der Waals surface area contributed by atoms with Crippen molar-refractivity contribution >= 4 is 11.8 Å². The molecule has 31 heavy (non-hydrogen) atoms. The van der Waals surface area contributed by atoms with E-state index < -0.39 is 0 Å². The van der Waals surface area contributed by atoms with E-state index in [1.165, 1.54) is 24.8 Å². The Bertz CT molecular complexity index is 800. The van der Waals surface area contributed by atoms with Crippen LogP contribution in [0.2, 0.25) is 0 Å². The Morgan fingerprint density at radius 1 is 1.13 bits per heavy atom. The molecular weight excluding hydrogens is 388 g/mol. The van der Waals surface area contributed by atoms with Crippen LogP contribution in [0, 0.1) is 30.1 Å². The van der Waals surface area contributed by atoms with Crippen LogP contribution in [0.1, 0.15) is 63.4 Å². The lowest BCUT2D eigenvalue weighted by molar-refractivity contribution is -0.160. The van der Waals surface area contributed by atoms with Crippen molar-refractivity contribution in [3.05, 3.63) is 29.8 Å². The zero-order chi connectivity index (χ0) is 21.4. The smallest absolute Gasteiger partial charge is 0.242 e. The number of hydrogen-bond acceptors (Lipinski definition) is 3. The average molecular weight is 425 g/mol. The van der Waals surface area contributed by atoms with Crippen LogP contribution in [-0.2, 0) is 9.59 Å². The number of benzene rings is 1. The van der Waals surface area contributed by atoms with Crippen LogP contribution < -0.4 is 10.1 Å². The Morgan fingerprint density at radius 3 is 2.52 bits per heavy atom. The minimum Gasteiger partial charge on any atom is -0.494 e.